The first kappa shape index (κ1) is 32.4. The Morgan fingerprint density at radius 3 is 2.50 bits per heavy atom. The molecule has 1 unspecified atom stereocenters. The minimum atomic E-state index is -0.618. The molecule has 2 heterocycles. The van der Waals surface area contributed by atoms with Crippen molar-refractivity contribution in [1.29, 1.82) is 0 Å². The Balaban J connectivity index is 0.00000324. The van der Waals surface area contributed by atoms with Crippen LogP contribution in [0.3, 0.4) is 0 Å². The van der Waals surface area contributed by atoms with Gasteiger partial charge in [0.1, 0.15) is 0 Å². The summed E-state index contributed by atoms with van der Waals surface area (Å²) in [6.45, 7) is 9.30. The van der Waals surface area contributed by atoms with Gasteiger partial charge in [0.25, 0.3) is 0 Å². The second-order valence-corrected chi connectivity index (χ2v) is 10.9. The van der Waals surface area contributed by atoms with Crippen molar-refractivity contribution < 1.29 is 19.4 Å². The Labute approximate surface area is 228 Å². The number of anilines is 1. The molecule has 4 N–H and O–H groups in total. The van der Waals surface area contributed by atoms with Crippen molar-refractivity contribution in [1.82, 2.24) is 10.2 Å². The maximum atomic E-state index is 13.4. The number of piperidine rings is 1. The molecule has 1 saturated heterocycles. The second kappa shape index (κ2) is 14.4. The first-order valence-corrected chi connectivity index (χ1v) is 12.5. The van der Waals surface area contributed by atoms with E-state index in [4.69, 9.17) is 10.5 Å². The quantitative estimate of drug-likeness (QED) is 0.461. The minimum absolute atomic E-state index is 0. The molecule has 0 bridgehead atoms. The van der Waals surface area contributed by atoms with Crippen LogP contribution in [0.5, 0.6) is 0 Å². The van der Waals surface area contributed by atoms with Gasteiger partial charge in [0, 0.05) is 31.2 Å². The van der Waals surface area contributed by atoms with Crippen LogP contribution in [-0.4, -0.2) is 73.5 Å². The number of carbonyl (C=O) groups is 2. The number of halogens is 2. The third-order valence-electron chi connectivity index (χ3n) is 7.19. The predicted octanol–water partition coefficient (Wildman–Crippen LogP) is 3.37. The van der Waals surface area contributed by atoms with Gasteiger partial charge in [-0.15, -0.1) is 24.8 Å². The standard InChI is InChI=1S/C26H42N4O4.2ClH/c1-18-9-11-29(12-10-18)17-23(31)21(27)14-26(2,3)15-24(32)30-16-20(28-25(33)34-4)13-19-7-5-6-8-22(19)30;;/h5-8,18,20-21,23,31H,9-17,27H2,1-4H3,(H,28,33);2*1H/t20?,21-,23-;;/m0../s1. The summed E-state index contributed by atoms with van der Waals surface area (Å²) in [5, 5.41) is 13.6. The normalized spacial score (nSPS) is 20.3. The molecule has 2 amide bonds. The molecule has 3 atom stereocenters. The molecule has 36 heavy (non-hydrogen) atoms. The van der Waals surface area contributed by atoms with Crippen LogP contribution in [0.2, 0.25) is 0 Å². The van der Waals surface area contributed by atoms with E-state index in [0.717, 1.165) is 43.1 Å². The Bertz CT molecular complexity index is 849. The van der Waals surface area contributed by atoms with Crippen LogP contribution in [0.1, 0.15) is 52.0 Å². The van der Waals surface area contributed by atoms with E-state index in [1.165, 1.54) is 7.11 Å². The molecular weight excluding hydrogens is 503 g/mol. The highest BCUT2D eigenvalue weighted by Crippen LogP contribution is 2.33. The average molecular weight is 548 g/mol. The van der Waals surface area contributed by atoms with Crippen molar-refractivity contribution in [3.8, 4) is 0 Å². The van der Waals surface area contributed by atoms with E-state index in [1.54, 1.807) is 4.90 Å². The van der Waals surface area contributed by atoms with Gasteiger partial charge >= 0.3 is 6.09 Å². The number of hydrogen-bond acceptors (Lipinski definition) is 6. The lowest BCUT2D eigenvalue weighted by atomic mass is 9.80. The SMILES string of the molecule is COC(=O)NC1Cc2ccccc2N(C(=O)CC(C)(C)C[C@H](N)[C@@H](O)CN2CCC(C)CC2)C1.Cl.Cl. The molecule has 0 saturated carbocycles. The Morgan fingerprint density at radius 2 is 1.86 bits per heavy atom. The summed E-state index contributed by atoms with van der Waals surface area (Å²) in [5.74, 6) is 0.731. The van der Waals surface area contributed by atoms with E-state index in [0.29, 0.717) is 32.4 Å². The fourth-order valence-corrected chi connectivity index (χ4v) is 5.15. The number of hydrogen-bond donors (Lipinski definition) is 3. The number of benzene rings is 1. The first-order valence-electron chi connectivity index (χ1n) is 12.5. The summed E-state index contributed by atoms with van der Waals surface area (Å²) in [7, 11) is 1.33. The number of alkyl carbamates (subject to hydrolysis) is 1. The highest BCUT2D eigenvalue weighted by Gasteiger charge is 2.34. The van der Waals surface area contributed by atoms with Crippen LogP contribution in [0.25, 0.3) is 0 Å². The molecule has 8 nitrogen and oxygen atoms in total. The lowest BCUT2D eigenvalue weighted by molar-refractivity contribution is -0.120. The maximum absolute atomic E-state index is 13.4. The van der Waals surface area contributed by atoms with Crippen LogP contribution in [0.4, 0.5) is 10.5 Å². The van der Waals surface area contributed by atoms with Gasteiger partial charge < -0.3 is 30.7 Å². The fourth-order valence-electron chi connectivity index (χ4n) is 5.15. The molecule has 3 rings (SSSR count). The topological polar surface area (TPSA) is 108 Å². The maximum Gasteiger partial charge on any atom is 0.407 e. The molecule has 1 aromatic carbocycles. The van der Waals surface area contributed by atoms with Gasteiger partial charge in [0.05, 0.1) is 19.3 Å². The highest BCUT2D eigenvalue weighted by molar-refractivity contribution is 5.95. The number of nitrogens with zero attached hydrogens (tertiary/aromatic N) is 2. The number of nitrogens with two attached hydrogens (primary N) is 1. The molecule has 0 radical (unpaired) electrons. The number of likely N-dealkylation sites (tertiary alicyclic amines) is 1. The van der Waals surface area contributed by atoms with Crippen molar-refractivity contribution in [2.45, 2.75) is 71.1 Å². The van der Waals surface area contributed by atoms with E-state index in [9.17, 15) is 14.7 Å². The van der Waals surface area contributed by atoms with Gasteiger partial charge in [-0.2, -0.15) is 0 Å². The Morgan fingerprint density at radius 1 is 1.22 bits per heavy atom. The van der Waals surface area contributed by atoms with E-state index in [-0.39, 0.29) is 42.2 Å². The smallest absolute Gasteiger partial charge is 0.407 e. The van der Waals surface area contributed by atoms with Crippen molar-refractivity contribution in [3.05, 3.63) is 29.8 Å². The van der Waals surface area contributed by atoms with Crippen LogP contribution in [0, 0.1) is 11.3 Å². The molecule has 1 fully saturated rings. The van der Waals surface area contributed by atoms with Gasteiger partial charge in [-0.3, -0.25) is 4.79 Å². The molecule has 0 aromatic heterocycles. The number of para-hydroxylation sites is 1. The number of β-amino-alcohol motifs (C(OH)–C–C–N with tert-alkyl or cyclic N) is 1. The van der Waals surface area contributed by atoms with Crippen LogP contribution in [-0.2, 0) is 16.0 Å². The first-order chi connectivity index (χ1) is 16.1. The van der Waals surface area contributed by atoms with E-state index < -0.39 is 18.2 Å². The fraction of sp³-hybridized carbons (Fsp3) is 0.692. The summed E-state index contributed by atoms with van der Waals surface area (Å²) in [6.07, 6.45) is 2.69. The lowest BCUT2D eigenvalue weighted by Crippen LogP contribution is -2.51. The molecule has 2 aliphatic rings. The molecule has 1 aromatic rings. The number of rotatable bonds is 8. The Kier molecular flexibility index (Phi) is 13.0. The van der Waals surface area contributed by atoms with E-state index >= 15 is 0 Å². The van der Waals surface area contributed by atoms with Gasteiger partial charge in [0.2, 0.25) is 5.91 Å². The number of nitrogens with one attached hydrogen (secondary N) is 1. The van der Waals surface area contributed by atoms with Crippen LogP contribution in [0.15, 0.2) is 24.3 Å². The summed E-state index contributed by atoms with van der Waals surface area (Å²) >= 11 is 0. The minimum Gasteiger partial charge on any atom is -0.453 e. The zero-order valence-corrected chi connectivity index (χ0v) is 23.6. The summed E-state index contributed by atoms with van der Waals surface area (Å²) in [5.41, 5.74) is 7.93. The Hall–Kier alpha value is -1.58. The summed E-state index contributed by atoms with van der Waals surface area (Å²) in [6, 6.07) is 7.18. The van der Waals surface area contributed by atoms with Gasteiger partial charge in [-0.25, -0.2) is 4.79 Å². The third-order valence-corrected chi connectivity index (χ3v) is 7.19. The van der Waals surface area contributed by atoms with Crippen molar-refractivity contribution >= 4 is 42.5 Å². The molecule has 0 aliphatic carbocycles. The molecule has 2 aliphatic heterocycles. The van der Waals surface area contributed by atoms with Crippen molar-refractivity contribution in [3.63, 3.8) is 0 Å². The largest absolute Gasteiger partial charge is 0.453 e. The molecule has 10 heteroatoms. The highest BCUT2D eigenvalue weighted by atomic mass is 35.5. The second-order valence-electron chi connectivity index (χ2n) is 10.9. The lowest BCUT2D eigenvalue weighted by Gasteiger charge is -2.38. The number of amides is 2. The van der Waals surface area contributed by atoms with Gasteiger partial charge in [0.15, 0.2) is 0 Å². The number of carbonyl (C=O) groups excluding carboxylic acids is 2. The number of aliphatic hydroxyl groups excluding tert-OH is 1. The van der Waals surface area contributed by atoms with Crippen molar-refractivity contribution in [2.75, 3.05) is 38.2 Å². The summed E-state index contributed by atoms with van der Waals surface area (Å²) < 4.78 is 4.75. The van der Waals surface area contributed by atoms with Crippen LogP contribution >= 0.6 is 24.8 Å². The van der Waals surface area contributed by atoms with E-state index in [1.807, 2.05) is 38.1 Å². The number of ether oxygens (including phenoxy) is 1. The third kappa shape index (κ3) is 9.06. The predicted molar refractivity (Wildman–Crippen MR) is 148 cm³/mol. The van der Waals surface area contributed by atoms with Crippen molar-refractivity contribution in [2.24, 2.45) is 17.1 Å². The zero-order chi connectivity index (χ0) is 24.9. The molecular formula is C26H44Cl2N4O4. The average Bonchev–Trinajstić information content (AvgIpc) is 2.79. The van der Waals surface area contributed by atoms with Gasteiger partial charge in [-0.1, -0.05) is 39.0 Å². The number of fused-ring (bicyclic) bond motifs is 1. The van der Waals surface area contributed by atoms with E-state index in [2.05, 4.69) is 17.1 Å². The van der Waals surface area contributed by atoms with Crippen LogP contribution < -0.4 is 16.0 Å². The monoisotopic (exact) mass is 546 g/mol. The zero-order valence-electron chi connectivity index (χ0n) is 21.9. The molecule has 0 spiro atoms. The van der Waals surface area contributed by atoms with Gasteiger partial charge in [-0.05, 0) is 61.7 Å². The summed E-state index contributed by atoms with van der Waals surface area (Å²) in [4.78, 5) is 29.3. The number of aliphatic hydroxyl groups is 1. The number of methoxy groups -OCH3 is 1. The molecule has 206 valence electrons.